The lowest BCUT2D eigenvalue weighted by atomic mass is 10.0. The van der Waals surface area contributed by atoms with E-state index in [0.29, 0.717) is 32.8 Å². The summed E-state index contributed by atoms with van der Waals surface area (Å²) >= 11 is 3.43. The highest BCUT2D eigenvalue weighted by atomic mass is 79.9. The number of ketones is 1. The smallest absolute Gasteiger partial charge is 0.221 e. The molecule has 1 N–H and O–H groups in total. The molecule has 0 atom stereocenters. The molecule has 0 fully saturated rings. The number of ether oxygens (including phenoxy) is 2. The monoisotopic (exact) mass is 405 g/mol. The van der Waals surface area contributed by atoms with Crippen molar-refractivity contribution in [1.82, 2.24) is 0 Å². The van der Waals surface area contributed by atoms with Crippen LogP contribution in [-0.4, -0.2) is 24.9 Å². The minimum atomic E-state index is -0.262. The fourth-order valence-corrected chi connectivity index (χ4v) is 2.71. The Bertz CT molecular complexity index is 785. The van der Waals surface area contributed by atoms with Crippen LogP contribution in [0.5, 0.6) is 11.5 Å². The van der Waals surface area contributed by atoms with Gasteiger partial charge in [-0.1, -0.05) is 0 Å². The molecule has 0 aliphatic heterocycles. The third-order valence-corrected chi connectivity index (χ3v) is 3.96. The van der Waals surface area contributed by atoms with Crippen molar-refractivity contribution < 1.29 is 19.1 Å². The Morgan fingerprint density at radius 2 is 1.76 bits per heavy atom. The molecule has 5 nitrogen and oxygen atoms in total. The van der Waals surface area contributed by atoms with Crippen molar-refractivity contribution in [3.05, 3.63) is 52.0 Å². The summed E-state index contributed by atoms with van der Waals surface area (Å²) in [7, 11) is 1.57. The average molecular weight is 406 g/mol. The molecular weight excluding hydrogens is 386 g/mol. The summed E-state index contributed by atoms with van der Waals surface area (Å²) in [5.41, 5.74) is 1.28. The predicted octanol–water partition coefficient (Wildman–Crippen LogP) is 4.43. The van der Waals surface area contributed by atoms with Gasteiger partial charge in [0.1, 0.15) is 11.5 Å². The summed E-state index contributed by atoms with van der Waals surface area (Å²) in [6, 6.07) is 10.1. The van der Waals surface area contributed by atoms with Gasteiger partial charge in [-0.2, -0.15) is 0 Å². The Morgan fingerprint density at radius 3 is 2.28 bits per heavy atom. The highest BCUT2D eigenvalue weighted by Gasteiger charge is 2.18. The first-order chi connectivity index (χ1) is 11.8. The maximum absolute atomic E-state index is 12.9. The number of rotatable bonds is 6. The molecule has 6 heteroatoms. The Hall–Kier alpha value is -2.34. The van der Waals surface area contributed by atoms with Crippen molar-refractivity contribution in [3.63, 3.8) is 0 Å². The number of carbonyl (C=O) groups excluding carboxylic acids is 2. The molecule has 0 unspecified atom stereocenters. The lowest BCUT2D eigenvalue weighted by Crippen LogP contribution is -2.13. The second kappa shape index (κ2) is 8.16. The zero-order chi connectivity index (χ0) is 18.6. The number of hydrogen-bond acceptors (Lipinski definition) is 4. The van der Waals surface area contributed by atoms with Gasteiger partial charge in [-0.05, 0) is 60.1 Å². The summed E-state index contributed by atoms with van der Waals surface area (Å²) in [6.45, 7) is 5.20. The maximum atomic E-state index is 12.9. The van der Waals surface area contributed by atoms with Gasteiger partial charge in [-0.15, -0.1) is 0 Å². The molecule has 132 valence electrons. The van der Waals surface area contributed by atoms with Crippen molar-refractivity contribution in [3.8, 4) is 11.5 Å². The number of methoxy groups -OCH3 is 1. The van der Waals surface area contributed by atoms with Crippen LogP contribution < -0.4 is 14.8 Å². The third kappa shape index (κ3) is 4.82. The molecule has 0 aliphatic rings. The van der Waals surface area contributed by atoms with Gasteiger partial charge in [-0.25, -0.2) is 0 Å². The highest BCUT2D eigenvalue weighted by molar-refractivity contribution is 9.10. The van der Waals surface area contributed by atoms with Crippen molar-refractivity contribution in [2.75, 3.05) is 12.4 Å². The molecule has 2 rings (SSSR count). The molecule has 0 saturated carbocycles. The van der Waals surface area contributed by atoms with E-state index in [4.69, 9.17) is 9.47 Å². The predicted molar refractivity (Wildman–Crippen MR) is 101 cm³/mol. The quantitative estimate of drug-likeness (QED) is 0.721. The van der Waals surface area contributed by atoms with Gasteiger partial charge < -0.3 is 14.8 Å². The van der Waals surface area contributed by atoms with Crippen LogP contribution in [0.15, 0.2) is 40.9 Å². The minimum Gasteiger partial charge on any atom is -0.497 e. The SMILES string of the molecule is COc1ccc(C(=O)c2cc(Br)c(OC(C)C)cc2NC(C)=O)cc1. The fraction of sp³-hybridized carbons (Fsp3) is 0.263. The minimum absolute atomic E-state index is 0.0374. The molecule has 0 aromatic heterocycles. The van der Waals surface area contributed by atoms with Gasteiger partial charge >= 0.3 is 0 Å². The van der Waals surface area contributed by atoms with Crippen LogP contribution in [0, 0.1) is 0 Å². The molecule has 2 aromatic carbocycles. The first-order valence-electron chi connectivity index (χ1n) is 7.78. The van der Waals surface area contributed by atoms with Gasteiger partial charge in [0.05, 0.1) is 23.4 Å². The highest BCUT2D eigenvalue weighted by Crippen LogP contribution is 2.34. The van der Waals surface area contributed by atoms with E-state index in [9.17, 15) is 9.59 Å². The van der Waals surface area contributed by atoms with E-state index >= 15 is 0 Å². The third-order valence-electron chi connectivity index (χ3n) is 3.34. The largest absolute Gasteiger partial charge is 0.497 e. The van der Waals surface area contributed by atoms with Gasteiger partial charge in [0, 0.05) is 24.1 Å². The number of halogens is 1. The molecule has 25 heavy (non-hydrogen) atoms. The van der Waals surface area contributed by atoms with E-state index < -0.39 is 0 Å². The Labute approximate surface area is 155 Å². The van der Waals surface area contributed by atoms with Gasteiger partial charge in [0.25, 0.3) is 0 Å². The van der Waals surface area contributed by atoms with E-state index in [-0.39, 0.29) is 17.8 Å². The molecule has 0 saturated heterocycles. The summed E-state index contributed by atoms with van der Waals surface area (Å²) in [6.07, 6.45) is -0.0374. The number of anilines is 1. The molecule has 0 heterocycles. The first kappa shape index (κ1) is 19.0. The lowest BCUT2D eigenvalue weighted by Gasteiger charge is -2.16. The van der Waals surface area contributed by atoms with E-state index in [0.717, 1.165) is 0 Å². The Balaban J connectivity index is 2.47. The normalized spacial score (nSPS) is 10.5. The average Bonchev–Trinajstić information content (AvgIpc) is 2.56. The van der Waals surface area contributed by atoms with Crippen LogP contribution in [0.4, 0.5) is 5.69 Å². The Kier molecular flexibility index (Phi) is 6.20. The second-order valence-corrected chi connectivity index (χ2v) is 6.59. The molecule has 0 aliphatic carbocycles. The Morgan fingerprint density at radius 1 is 1.12 bits per heavy atom. The molecular formula is C19H20BrNO4. The van der Waals surface area contributed by atoms with Crippen LogP contribution in [0.3, 0.4) is 0 Å². The van der Waals surface area contributed by atoms with Crippen LogP contribution >= 0.6 is 15.9 Å². The zero-order valence-corrected chi connectivity index (χ0v) is 16.1. The summed E-state index contributed by atoms with van der Waals surface area (Å²) < 4.78 is 11.5. The summed E-state index contributed by atoms with van der Waals surface area (Å²) in [5, 5.41) is 2.70. The van der Waals surface area contributed by atoms with E-state index in [2.05, 4.69) is 21.2 Å². The topological polar surface area (TPSA) is 64.6 Å². The standard InChI is InChI=1S/C19H20BrNO4/c1-11(2)25-18-10-17(21-12(3)22)15(9-16(18)20)19(23)13-5-7-14(24-4)8-6-13/h5-11H,1-4H3,(H,21,22). The summed E-state index contributed by atoms with van der Waals surface area (Å²) in [4.78, 5) is 24.4. The lowest BCUT2D eigenvalue weighted by molar-refractivity contribution is -0.114. The van der Waals surface area contributed by atoms with Crippen LogP contribution in [0.2, 0.25) is 0 Å². The molecule has 2 aromatic rings. The maximum Gasteiger partial charge on any atom is 0.221 e. The number of carbonyl (C=O) groups is 2. The van der Waals surface area contributed by atoms with Gasteiger partial charge in [0.2, 0.25) is 5.91 Å². The van der Waals surface area contributed by atoms with E-state index in [1.165, 1.54) is 6.92 Å². The van der Waals surface area contributed by atoms with Crippen molar-refractivity contribution in [2.24, 2.45) is 0 Å². The van der Waals surface area contributed by atoms with Crippen LogP contribution in [-0.2, 0) is 4.79 Å². The summed E-state index contributed by atoms with van der Waals surface area (Å²) in [5.74, 6) is 0.760. The van der Waals surface area contributed by atoms with E-state index in [1.807, 2.05) is 13.8 Å². The van der Waals surface area contributed by atoms with Crippen molar-refractivity contribution >= 4 is 33.3 Å². The van der Waals surface area contributed by atoms with Crippen LogP contribution in [0.1, 0.15) is 36.7 Å². The number of hydrogen-bond donors (Lipinski definition) is 1. The van der Waals surface area contributed by atoms with E-state index in [1.54, 1.807) is 43.5 Å². The number of amides is 1. The number of nitrogens with one attached hydrogen (secondary N) is 1. The molecule has 0 radical (unpaired) electrons. The first-order valence-corrected chi connectivity index (χ1v) is 8.57. The van der Waals surface area contributed by atoms with Crippen molar-refractivity contribution in [1.29, 1.82) is 0 Å². The fourth-order valence-electron chi connectivity index (χ4n) is 2.28. The zero-order valence-electron chi connectivity index (χ0n) is 14.6. The molecule has 0 spiro atoms. The van der Waals surface area contributed by atoms with Crippen molar-refractivity contribution in [2.45, 2.75) is 26.9 Å². The van der Waals surface area contributed by atoms with Gasteiger partial charge in [0.15, 0.2) is 5.78 Å². The molecule has 1 amide bonds. The molecule has 0 bridgehead atoms. The number of benzene rings is 2. The van der Waals surface area contributed by atoms with Crippen LogP contribution in [0.25, 0.3) is 0 Å². The second-order valence-electron chi connectivity index (χ2n) is 5.73. The van der Waals surface area contributed by atoms with Gasteiger partial charge in [-0.3, -0.25) is 9.59 Å².